The molecule has 0 saturated carbocycles. The number of allylic oxidation sites excluding steroid dienone is 2. The molecule has 0 aliphatic carbocycles. The van der Waals surface area contributed by atoms with E-state index in [1.807, 2.05) is 37.3 Å². The van der Waals surface area contributed by atoms with Gasteiger partial charge in [-0.25, -0.2) is 9.18 Å². The molecule has 1 amide bonds. The van der Waals surface area contributed by atoms with Crippen molar-refractivity contribution in [2.75, 3.05) is 5.32 Å². The first-order chi connectivity index (χ1) is 15.6. The van der Waals surface area contributed by atoms with Crippen LogP contribution in [0, 0.1) is 5.82 Å². The van der Waals surface area contributed by atoms with E-state index in [-0.39, 0.29) is 44.1 Å². The molecule has 0 unspecified atom stereocenters. The number of hydrogen-bond acceptors (Lipinski definition) is 3. The average molecular weight is 508 g/mol. The number of benzene rings is 2. The van der Waals surface area contributed by atoms with Gasteiger partial charge in [-0.1, -0.05) is 65.2 Å². The topological polar surface area (TPSA) is 66.4 Å². The molecule has 0 radical (unpaired) electrons. The molecule has 0 fully saturated rings. The highest BCUT2D eigenvalue weighted by molar-refractivity contribution is 7.14. The molecule has 4 nitrogen and oxygen atoms in total. The number of nitrogens with one attached hydrogen (secondary N) is 1. The van der Waals surface area contributed by atoms with Crippen LogP contribution in [0.15, 0.2) is 59.5 Å². The van der Waals surface area contributed by atoms with E-state index in [1.165, 1.54) is 17.0 Å². The van der Waals surface area contributed by atoms with E-state index < -0.39 is 11.8 Å². The van der Waals surface area contributed by atoms with Crippen LogP contribution in [0.2, 0.25) is 10.0 Å². The van der Waals surface area contributed by atoms with Gasteiger partial charge in [-0.15, -0.1) is 11.3 Å². The lowest BCUT2D eigenvalue weighted by atomic mass is 10.1. The Morgan fingerprint density at radius 1 is 1.12 bits per heavy atom. The van der Waals surface area contributed by atoms with Crippen LogP contribution in [0.5, 0.6) is 0 Å². The largest absolute Gasteiger partial charge is 0.478 e. The minimum Gasteiger partial charge on any atom is -0.478 e. The zero-order chi connectivity index (χ0) is 24.5. The number of carbonyl (C=O) groups excluding carboxylic acids is 1. The van der Waals surface area contributed by atoms with Gasteiger partial charge < -0.3 is 10.4 Å². The zero-order valence-electron chi connectivity index (χ0n) is 18.4. The monoisotopic (exact) mass is 507 g/mol. The van der Waals surface area contributed by atoms with Gasteiger partial charge in [0.15, 0.2) is 0 Å². The first-order valence-electron chi connectivity index (χ1n) is 10.1. The lowest BCUT2D eigenvalue weighted by Gasteiger charge is -2.08. The summed E-state index contributed by atoms with van der Waals surface area (Å²) < 4.78 is 13.9. The van der Waals surface area contributed by atoms with E-state index in [0.717, 1.165) is 23.0 Å². The van der Waals surface area contributed by atoms with Crippen molar-refractivity contribution in [3.8, 4) is 10.4 Å². The lowest BCUT2D eigenvalue weighted by molar-refractivity contribution is -0.116. The summed E-state index contributed by atoms with van der Waals surface area (Å²) in [6.45, 7) is 6.20. The maximum atomic E-state index is 13.9. The van der Waals surface area contributed by atoms with E-state index in [9.17, 15) is 19.1 Å². The number of rotatable bonds is 6. The van der Waals surface area contributed by atoms with Crippen LogP contribution in [0.25, 0.3) is 10.4 Å². The van der Waals surface area contributed by atoms with E-state index in [0.29, 0.717) is 6.42 Å². The Bertz CT molecular complexity index is 1160. The number of anilines is 1. The number of aryl methyl sites for hydroxylation is 1. The molecular formula is C25H24Cl2FNO3S. The van der Waals surface area contributed by atoms with E-state index >= 15 is 0 Å². The molecule has 1 heterocycles. The second-order valence-electron chi connectivity index (χ2n) is 7.30. The Hall–Kier alpha value is -2.67. The van der Waals surface area contributed by atoms with Gasteiger partial charge in [-0.2, -0.15) is 0 Å². The van der Waals surface area contributed by atoms with Crippen molar-refractivity contribution in [1.82, 2.24) is 0 Å². The third kappa shape index (κ3) is 7.70. The molecule has 0 atom stereocenters. The zero-order valence-corrected chi connectivity index (χ0v) is 20.7. The average Bonchev–Trinajstić information content (AvgIpc) is 3.19. The molecule has 1 aromatic heterocycles. The minimum absolute atomic E-state index is 0.123. The van der Waals surface area contributed by atoms with E-state index in [1.54, 1.807) is 0 Å². The Morgan fingerprint density at radius 2 is 1.76 bits per heavy atom. The van der Waals surface area contributed by atoms with Crippen molar-refractivity contribution < 1.29 is 19.1 Å². The van der Waals surface area contributed by atoms with Gasteiger partial charge in [0.05, 0.1) is 20.6 Å². The summed E-state index contributed by atoms with van der Waals surface area (Å²) in [6.07, 6.45) is 2.81. The second kappa shape index (κ2) is 12.5. The standard InChI is InChI=1S/C20H14Cl2FNO3S.C5H10/c21-13-9-14(22)15(23)8-12(13)19-18(20(26)27)16(10-28-19)24-17(25)7-6-11-4-2-1-3-5-11;1-4-5(2)3/h1-5,8-10H,6-7H2,(H,24,25)(H,26,27);4H,1-3H3. The van der Waals surface area contributed by atoms with Crippen LogP contribution in [0.4, 0.5) is 10.1 Å². The molecule has 2 aromatic carbocycles. The summed E-state index contributed by atoms with van der Waals surface area (Å²) in [4.78, 5) is 24.3. The first-order valence-corrected chi connectivity index (χ1v) is 11.7. The predicted octanol–water partition coefficient (Wildman–Crippen LogP) is 8.10. The van der Waals surface area contributed by atoms with Gasteiger partial charge in [0.25, 0.3) is 0 Å². The maximum Gasteiger partial charge on any atom is 0.339 e. The number of halogens is 3. The number of hydrogen-bond donors (Lipinski definition) is 2. The number of carbonyl (C=O) groups is 2. The van der Waals surface area contributed by atoms with Gasteiger partial charge in [0, 0.05) is 17.4 Å². The fourth-order valence-electron chi connectivity index (χ4n) is 2.67. The van der Waals surface area contributed by atoms with Crippen LogP contribution in [0.1, 0.15) is 43.1 Å². The summed E-state index contributed by atoms with van der Waals surface area (Å²) in [5, 5.41) is 13.7. The van der Waals surface area contributed by atoms with Crippen molar-refractivity contribution in [3.63, 3.8) is 0 Å². The van der Waals surface area contributed by atoms with Crippen LogP contribution in [0.3, 0.4) is 0 Å². The minimum atomic E-state index is -1.25. The number of aromatic carboxylic acids is 1. The quantitative estimate of drug-likeness (QED) is 0.261. The van der Waals surface area contributed by atoms with Crippen molar-refractivity contribution in [2.45, 2.75) is 33.6 Å². The Kier molecular flexibility index (Phi) is 10.1. The molecule has 3 aromatic rings. The third-order valence-electron chi connectivity index (χ3n) is 4.59. The smallest absolute Gasteiger partial charge is 0.339 e. The summed E-state index contributed by atoms with van der Waals surface area (Å²) in [7, 11) is 0. The number of carboxylic acid groups (broad SMARTS) is 1. The fraction of sp³-hybridized carbons (Fsp3) is 0.200. The molecule has 2 N–H and O–H groups in total. The highest BCUT2D eigenvalue weighted by Gasteiger charge is 2.23. The highest BCUT2D eigenvalue weighted by atomic mass is 35.5. The predicted molar refractivity (Wildman–Crippen MR) is 135 cm³/mol. The number of amides is 1. The molecule has 0 aliphatic heterocycles. The van der Waals surface area contributed by atoms with Crippen LogP contribution in [-0.4, -0.2) is 17.0 Å². The van der Waals surface area contributed by atoms with E-state index in [2.05, 4.69) is 25.2 Å². The molecule has 0 bridgehead atoms. The molecule has 8 heteroatoms. The maximum absolute atomic E-state index is 13.9. The highest BCUT2D eigenvalue weighted by Crippen LogP contribution is 2.41. The Labute approximate surface area is 206 Å². The molecule has 174 valence electrons. The van der Waals surface area contributed by atoms with E-state index in [4.69, 9.17) is 23.2 Å². The summed E-state index contributed by atoms with van der Waals surface area (Å²) in [5.41, 5.74) is 2.60. The van der Waals surface area contributed by atoms with Gasteiger partial charge in [0.1, 0.15) is 11.4 Å². The molecule has 3 rings (SSSR count). The summed E-state index contributed by atoms with van der Waals surface area (Å²) in [6, 6.07) is 11.8. The van der Waals surface area contributed by atoms with Gasteiger partial charge >= 0.3 is 5.97 Å². The van der Waals surface area contributed by atoms with Gasteiger partial charge in [0.2, 0.25) is 5.91 Å². The van der Waals surface area contributed by atoms with Crippen LogP contribution >= 0.6 is 34.5 Å². The summed E-state index contributed by atoms with van der Waals surface area (Å²) >= 11 is 12.9. The van der Waals surface area contributed by atoms with Crippen molar-refractivity contribution in [2.24, 2.45) is 0 Å². The molecule has 0 spiro atoms. The summed E-state index contributed by atoms with van der Waals surface area (Å²) in [5.74, 6) is -2.27. The molecule has 0 saturated heterocycles. The molecule has 0 aliphatic rings. The van der Waals surface area contributed by atoms with Gasteiger partial charge in [-0.3, -0.25) is 4.79 Å². The number of thiophene rings is 1. The number of carboxylic acids is 1. The normalized spacial score (nSPS) is 10.1. The Balaban J connectivity index is 0.000000696. The molecule has 33 heavy (non-hydrogen) atoms. The Morgan fingerprint density at radius 3 is 2.33 bits per heavy atom. The van der Waals surface area contributed by atoms with Crippen molar-refractivity contribution in [1.29, 1.82) is 0 Å². The SMILES string of the molecule is CC=C(C)C.O=C(CCc1ccccc1)Nc1csc(-c2cc(F)c(Cl)cc2Cl)c1C(=O)O. The van der Waals surface area contributed by atoms with Gasteiger partial charge in [-0.05, 0) is 44.9 Å². The second-order valence-corrected chi connectivity index (χ2v) is 9.00. The third-order valence-corrected chi connectivity index (χ3v) is 6.21. The van der Waals surface area contributed by atoms with Crippen LogP contribution in [-0.2, 0) is 11.2 Å². The fourth-order valence-corrected chi connectivity index (χ4v) is 4.23. The lowest BCUT2D eigenvalue weighted by Crippen LogP contribution is -2.14. The van der Waals surface area contributed by atoms with Crippen molar-refractivity contribution >= 4 is 52.1 Å². The van der Waals surface area contributed by atoms with Crippen molar-refractivity contribution in [3.05, 3.63) is 86.5 Å². The van der Waals surface area contributed by atoms with Crippen LogP contribution < -0.4 is 5.32 Å². The molecular weight excluding hydrogens is 484 g/mol. The first kappa shape index (κ1) is 26.6.